The topological polar surface area (TPSA) is 67.6 Å². The van der Waals surface area contributed by atoms with E-state index in [9.17, 15) is 13.2 Å². The van der Waals surface area contributed by atoms with Crippen LogP contribution in [0.3, 0.4) is 0 Å². The summed E-state index contributed by atoms with van der Waals surface area (Å²) in [4.78, 5) is 3.81. The summed E-state index contributed by atoms with van der Waals surface area (Å²) in [5.41, 5.74) is 5.37. The quantitative estimate of drug-likeness (QED) is 0.844. The van der Waals surface area contributed by atoms with Crippen LogP contribution < -0.4 is 5.73 Å². The number of halogens is 3. The first kappa shape index (κ1) is 11.6. The van der Waals surface area contributed by atoms with Crippen molar-refractivity contribution in [2.24, 2.45) is 5.73 Å². The summed E-state index contributed by atoms with van der Waals surface area (Å²) in [6.07, 6.45) is -3.13. The molecule has 1 aromatic carbocycles. The minimum absolute atomic E-state index is 0.323. The highest BCUT2D eigenvalue weighted by molar-refractivity contribution is 5.30. The highest BCUT2D eigenvalue weighted by Crippen LogP contribution is 2.30. The molecule has 1 aromatic heterocycles. The molecule has 7 heteroatoms. The maximum atomic E-state index is 12.5. The van der Waals surface area contributed by atoms with E-state index >= 15 is 0 Å². The van der Waals surface area contributed by atoms with Crippen LogP contribution in [0.15, 0.2) is 30.6 Å². The summed E-state index contributed by atoms with van der Waals surface area (Å²) in [7, 11) is 0. The molecular formula is C10H9F3N4. The van der Waals surface area contributed by atoms with Gasteiger partial charge in [-0.3, -0.25) is 5.10 Å². The van der Waals surface area contributed by atoms with Gasteiger partial charge in [0.05, 0.1) is 11.6 Å². The van der Waals surface area contributed by atoms with Gasteiger partial charge in [0.1, 0.15) is 12.2 Å². The van der Waals surface area contributed by atoms with Crippen molar-refractivity contribution in [2.45, 2.75) is 12.2 Å². The number of nitrogens with two attached hydrogens (primary N) is 1. The van der Waals surface area contributed by atoms with Crippen molar-refractivity contribution in [1.82, 2.24) is 15.2 Å². The highest BCUT2D eigenvalue weighted by Gasteiger charge is 2.30. The Kier molecular flexibility index (Phi) is 2.84. The Bertz CT molecular complexity index is 493. The third-order valence-electron chi connectivity index (χ3n) is 2.30. The minimum Gasteiger partial charge on any atom is -0.318 e. The van der Waals surface area contributed by atoms with Gasteiger partial charge in [-0.05, 0) is 17.7 Å². The van der Waals surface area contributed by atoms with Gasteiger partial charge >= 0.3 is 6.18 Å². The van der Waals surface area contributed by atoms with E-state index in [1.807, 2.05) is 0 Å². The van der Waals surface area contributed by atoms with Gasteiger partial charge in [0, 0.05) is 0 Å². The minimum atomic E-state index is -4.38. The highest BCUT2D eigenvalue weighted by atomic mass is 19.4. The number of benzene rings is 1. The van der Waals surface area contributed by atoms with E-state index in [0.29, 0.717) is 11.4 Å². The zero-order chi connectivity index (χ0) is 12.5. The Morgan fingerprint density at radius 1 is 1.29 bits per heavy atom. The van der Waals surface area contributed by atoms with Crippen molar-refractivity contribution in [3.63, 3.8) is 0 Å². The first-order chi connectivity index (χ1) is 7.98. The Hall–Kier alpha value is -1.89. The first-order valence-corrected chi connectivity index (χ1v) is 4.76. The molecule has 0 fully saturated rings. The van der Waals surface area contributed by atoms with Crippen LogP contribution in [0, 0.1) is 0 Å². The standard InChI is InChI=1S/C10H9F3N4/c11-10(12,13)7-3-1-2-6(4-7)8(14)9-15-5-16-17-9/h1-5,8H,14H2,(H,15,16,17)/t8-/m1/s1. The molecule has 17 heavy (non-hydrogen) atoms. The predicted octanol–water partition coefficient (Wildman–Crippen LogP) is 1.87. The predicted molar refractivity (Wildman–Crippen MR) is 53.9 cm³/mol. The van der Waals surface area contributed by atoms with E-state index in [1.165, 1.54) is 18.5 Å². The number of alkyl halides is 3. The molecule has 0 aliphatic rings. The Morgan fingerprint density at radius 2 is 2.06 bits per heavy atom. The molecule has 0 radical (unpaired) electrons. The van der Waals surface area contributed by atoms with Gasteiger partial charge in [0.15, 0.2) is 0 Å². The number of aromatic nitrogens is 3. The molecular weight excluding hydrogens is 233 g/mol. The second kappa shape index (κ2) is 4.17. The van der Waals surface area contributed by atoms with Crippen LogP contribution >= 0.6 is 0 Å². The lowest BCUT2D eigenvalue weighted by Gasteiger charge is -2.12. The van der Waals surface area contributed by atoms with Gasteiger partial charge in [-0.1, -0.05) is 12.1 Å². The fourth-order valence-corrected chi connectivity index (χ4v) is 1.43. The average molecular weight is 242 g/mol. The molecule has 3 N–H and O–H groups in total. The fraction of sp³-hybridized carbons (Fsp3) is 0.200. The summed E-state index contributed by atoms with van der Waals surface area (Å²) in [5, 5.41) is 6.13. The normalized spacial score (nSPS) is 13.6. The summed E-state index contributed by atoms with van der Waals surface area (Å²) < 4.78 is 37.5. The van der Waals surface area contributed by atoms with Crippen LogP contribution in [-0.2, 0) is 6.18 Å². The fourth-order valence-electron chi connectivity index (χ4n) is 1.43. The lowest BCUT2D eigenvalue weighted by atomic mass is 10.0. The summed E-state index contributed by atoms with van der Waals surface area (Å²) in [5.74, 6) is 0.323. The third-order valence-corrected chi connectivity index (χ3v) is 2.30. The number of nitrogens with zero attached hydrogens (tertiary/aromatic N) is 2. The van der Waals surface area contributed by atoms with Crippen LogP contribution in [0.5, 0.6) is 0 Å². The van der Waals surface area contributed by atoms with Crippen molar-refractivity contribution in [3.05, 3.63) is 47.5 Å². The number of hydrogen-bond donors (Lipinski definition) is 2. The van der Waals surface area contributed by atoms with Crippen LogP contribution in [-0.4, -0.2) is 15.2 Å². The summed E-state index contributed by atoms with van der Waals surface area (Å²) >= 11 is 0. The van der Waals surface area contributed by atoms with Gasteiger partial charge in [-0.15, -0.1) is 0 Å². The summed E-state index contributed by atoms with van der Waals surface area (Å²) in [6.45, 7) is 0. The molecule has 4 nitrogen and oxygen atoms in total. The van der Waals surface area contributed by atoms with Crippen LogP contribution in [0.4, 0.5) is 13.2 Å². The largest absolute Gasteiger partial charge is 0.416 e. The molecule has 0 spiro atoms. The SMILES string of the molecule is N[C@H](c1cccc(C(F)(F)F)c1)c1ncn[nH]1. The van der Waals surface area contributed by atoms with Crippen molar-refractivity contribution in [2.75, 3.05) is 0 Å². The third kappa shape index (κ3) is 2.44. The van der Waals surface area contributed by atoms with Crippen molar-refractivity contribution in [1.29, 1.82) is 0 Å². The Labute approximate surface area is 94.7 Å². The van der Waals surface area contributed by atoms with Crippen LogP contribution in [0.1, 0.15) is 23.0 Å². The maximum Gasteiger partial charge on any atom is 0.416 e. The molecule has 1 atom stereocenters. The van der Waals surface area contributed by atoms with Crippen molar-refractivity contribution >= 4 is 0 Å². The lowest BCUT2D eigenvalue weighted by molar-refractivity contribution is -0.137. The molecule has 0 saturated carbocycles. The van der Waals surface area contributed by atoms with Gasteiger partial charge < -0.3 is 5.73 Å². The van der Waals surface area contributed by atoms with E-state index in [0.717, 1.165) is 12.1 Å². The van der Waals surface area contributed by atoms with Crippen molar-refractivity contribution < 1.29 is 13.2 Å². The van der Waals surface area contributed by atoms with Crippen LogP contribution in [0.2, 0.25) is 0 Å². The molecule has 0 saturated heterocycles. The average Bonchev–Trinajstić information content (AvgIpc) is 2.80. The summed E-state index contributed by atoms with van der Waals surface area (Å²) in [6, 6.07) is 4.08. The zero-order valence-electron chi connectivity index (χ0n) is 8.57. The number of hydrogen-bond acceptors (Lipinski definition) is 3. The maximum absolute atomic E-state index is 12.5. The number of aromatic amines is 1. The molecule has 0 bridgehead atoms. The van der Waals surface area contributed by atoms with Gasteiger partial charge in [0.25, 0.3) is 0 Å². The molecule has 1 heterocycles. The Morgan fingerprint density at radius 3 is 2.65 bits per heavy atom. The second-order valence-corrected chi connectivity index (χ2v) is 3.47. The van der Waals surface area contributed by atoms with E-state index in [1.54, 1.807) is 0 Å². The van der Waals surface area contributed by atoms with Crippen molar-refractivity contribution in [3.8, 4) is 0 Å². The van der Waals surface area contributed by atoms with Gasteiger partial charge in [-0.2, -0.15) is 18.3 Å². The molecule has 0 aliphatic carbocycles. The zero-order valence-corrected chi connectivity index (χ0v) is 8.57. The number of nitrogens with one attached hydrogen (secondary N) is 1. The van der Waals surface area contributed by atoms with E-state index in [4.69, 9.17) is 5.73 Å². The van der Waals surface area contributed by atoms with Gasteiger partial charge in [0.2, 0.25) is 0 Å². The van der Waals surface area contributed by atoms with Gasteiger partial charge in [-0.25, -0.2) is 4.98 Å². The number of H-pyrrole nitrogens is 1. The molecule has 90 valence electrons. The smallest absolute Gasteiger partial charge is 0.318 e. The monoisotopic (exact) mass is 242 g/mol. The molecule has 2 aromatic rings. The van der Waals surface area contributed by atoms with Crippen LogP contribution in [0.25, 0.3) is 0 Å². The molecule has 0 aliphatic heterocycles. The van der Waals surface area contributed by atoms with E-state index in [2.05, 4.69) is 15.2 Å². The molecule has 2 rings (SSSR count). The molecule has 0 unspecified atom stereocenters. The van der Waals surface area contributed by atoms with E-state index < -0.39 is 17.8 Å². The first-order valence-electron chi connectivity index (χ1n) is 4.76. The molecule has 0 amide bonds. The lowest BCUT2D eigenvalue weighted by Crippen LogP contribution is -2.15. The second-order valence-electron chi connectivity index (χ2n) is 3.47. The Balaban J connectivity index is 2.34. The number of rotatable bonds is 2. The van der Waals surface area contributed by atoms with E-state index in [-0.39, 0.29) is 0 Å².